The van der Waals surface area contributed by atoms with Gasteiger partial charge >= 0.3 is 180 Å². The van der Waals surface area contributed by atoms with Crippen molar-refractivity contribution in [2.24, 2.45) is 0 Å². The summed E-state index contributed by atoms with van der Waals surface area (Å²) < 4.78 is 0. The molecule has 158 valence electrons. The molecule has 0 N–H and O–H groups in total. The van der Waals surface area contributed by atoms with Crippen LogP contribution < -0.4 is 0 Å². The van der Waals surface area contributed by atoms with Gasteiger partial charge in [0.15, 0.2) is 0 Å². The molecule has 3 aliphatic carbocycles. The Kier molecular flexibility index (Phi) is 8.06. The fourth-order valence-corrected chi connectivity index (χ4v) is 27.0. The monoisotopic (exact) mass is 438 g/mol. The van der Waals surface area contributed by atoms with Crippen molar-refractivity contribution in [1.29, 1.82) is 0 Å². The third kappa shape index (κ3) is 4.61. The van der Waals surface area contributed by atoms with Crippen molar-refractivity contribution in [3.05, 3.63) is 35.9 Å². The summed E-state index contributed by atoms with van der Waals surface area (Å²) in [6.07, 6.45) is 22.4. The van der Waals surface area contributed by atoms with Crippen LogP contribution >= 0.6 is 24.8 Å². The number of halogens is 1. The molecule has 4 rings (SSSR count). The van der Waals surface area contributed by atoms with Gasteiger partial charge in [0, 0.05) is 0 Å². The van der Waals surface area contributed by atoms with E-state index in [0.717, 1.165) is 17.0 Å². The van der Waals surface area contributed by atoms with E-state index in [1.54, 1.807) is 0 Å². The molecule has 0 aliphatic heterocycles. The van der Waals surface area contributed by atoms with E-state index in [9.17, 15) is 0 Å². The maximum absolute atomic E-state index is 7.75. The molecule has 0 radical (unpaired) electrons. The Labute approximate surface area is 179 Å². The number of benzene rings is 1. The Bertz CT molecular complexity index is 578. The van der Waals surface area contributed by atoms with E-state index < -0.39 is 13.5 Å². The van der Waals surface area contributed by atoms with E-state index in [4.69, 9.17) is 11.2 Å². The van der Waals surface area contributed by atoms with Gasteiger partial charge in [0.05, 0.1) is 0 Å². The molecule has 1 aromatic rings. The summed E-state index contributed by atoms with van der Waals surface area (Å²) in [5, 5.41) is 0. The van der Waals surface area contributed by atoms with Crippen LogP contribution in [0.1, 0.15) is 102 Å². The van der Waals surface area contributed by atoms with Crippen molar-refractivity contribution >= 4 is 30.6 Å². The average Bonchev–Trinajstić information content (AvgIpc) is 2.77. The van der Waals surface area contributed by atoms with Crippen LogP contribution in [0.25, 0.3) is 0 Å². The molecule has 1 unspecified atom stereocenters. The second-order valence-corrected chi connectivity index (χ2v) is 21.5. The molecular weight excluding hydrogens is 398 g/mol. The van der Waals surface area contributed by atoms with E-state index in [0.29, 0.717) is 0 Å². The van der Waals surface area contributed by atoms with Gasteiger partial charge < -0.3 is 0 Å². The summed E-state index contributed by atoms with van der Waals surface area (Å²) in [6.45, 7) is -2.52. The molecule has 0 spiro atoms. The topological polar surface area (TPSA) is 0 Å². The van der Waals surface area contributed by atoms with E-state index in [-0.39, 0.29) is 0 Å². The number of rotatable bonds is 5. The summed E-state index contributed by atoms with van der Waals surface area (Å²) in [7, 11) is 0. The molecule has 1 aromatic carbocycles. The molecule has 3 fully saturated rings. The molecule has 0 aromatic heterocycles. The Morgan fingerprint density at radius 2 is 1.04 bits per heavy atom. The van der Waals surface area contributed by atoms with Gasteiger partial charge in [-0.3, -0.25) is 0 Å². The van der Waals surface area contributed by atoms with Crippen LogP contribution in [0.3, 0.4) is 0 Å². The van der Waals surface area contributed by atoms with Crippen LogP contribution in [0, 0.1) is 0 Å². The first kappa shape index (κ1) is 21.5. The predicted octanol–water partition coefficient (Wildman–Crippen LogP) is 8.87. The van der Waals surface area contributed by atoms with Crippen molar-refractivity contribution in [3.63, 3.8) is 0 Å². The minimum atomic E-state index is -1.57. The van der Waals surface area contributed by atoms with Gasteiger partial charge in [-0.2, -0.15) is 0 Å². The predicted molar refractivity (Wildman–Crippen MR) is 135 cm³/mol. The fourth-order valence-electron chi connectivity index (χ4n) is 7.15. The summed E-state index contributed by atoms with van der Waals surface area (Å²) in [6, 6.07) is 11.1. The van der Waals surface area contributed by atoms with Crippen LogP contribution in [-0.4, -0.2) is 22.8 Å². The Morgan fingerprint density at radius 3 is 1.43 bits per heavy atom. The van der Waals surface area contributed by atoms with Gasteiger partial charge in [-0.15, -0.1) is 0 Å². The molecule has 3 heteroatoms. The van der Waals surface area contributed by atoms with Crippen LogP contribution in [0.4, 0.5) is 0 Å². The average molecular weight is 439 g/mol. The second-order valence-electron chi connectivity index (χ2n) is 9.84. The standard InChI is InChI=1S/C25H41ClP2/c26-27(21-22-13-5-1-6-14-22)28(23-15-7-2-8-16-23,24-17-9-3-10-18-24)25-19-11-4-12-20-25/h1,5-6,13-14,21,23-25,27-28H,2-4,7-12,15-20H2. The third-order valence-corrected chi connectivity index (χ3v) is 25.4. The molecule has 0 heterocycles. The normalized spacial score (nSPS) is 25.6. The summed E-state index contributed by atoms with van der Waals surface area (Å²) >= 11 is 7.75. The first-order valence-electron chi connectivity index (χ1n) is 12.2. The Morgan fingerprint density at radius 1 is 0.643 bits per heavy atom. The van der Waals surface area contributed by atoms with Crippen LogP contribution in [0.2, 0.25) is 0 Å². The Balaban J connectivity index is 1.79. The van der Waals surface area contributed by atoms with Crippen LogP contribution in [-0.2, 0) is 0 Å². The summed E-state index contributed by atoms with van der Waals surface area (Å²) in [5.74, 6) is 2.62. The molecular formula is C25H41ClP2. The zero-order valence-corrected chi connectivity index (χ0v) is 20.4. The summed E-state index contributed by atoms with van der Waals surface area (Å²) in [4.78, 5) is 0. The third-order valence-electron chi connectivity index (χ3n) is 8.35. The molecule has 3 saturated carbocycles. The van der Waals surface area contributed by atoms with E-state index >= 15 is 0 Å². The molecule has 3 aliphatic rings. The van der Waals surface area contributed by atoms with Crippen molar-refractivity contribution in [3.8, 4) is 0 Å². The summed E-state index contributed by atoms with van der Waals surface area (Å²) in [5.41, 5.74) is 4.49. The number of hydrogen-bond donors (Lipinski definition) is 0. The van der Waals surface area contributed by atoms with Crippen LogP contribution in [0.15, 0.2) is 30.3 Å². The molecule has 1 atom stereocenters. The molecule has 28 heavy (non-hydrogen) atoms. The zero-order chi connectivity index (χ0) is 19.2. The van der Waals surface area contributed by atoms with Gasteiger partial charge in [0.2, 0.25) is 0 Å². The van der Waals surface area contributed by atoms with Gasteiger partial charge in [-0.1, -0.05) is 0 Å². The Hall–Kier alpha value is 0.240. The van der Waals surface area contributed by atoms with Gasteiger partial charge in [0.25, 0.3) is 0 Å². The minimum absolute atomic E-state index is 0.950. The van der Waals surface area contributed by atoms with Crippen molar-refractivity contribution in [2.75, 3.05) is 0 Å². The van der Waals surface area contributed by atoms with E-state index in [1.165, 1.54) is 102 Å². The molecule has 0 saturated heterocycles. The maximum atomic E-state index is 7.75. The van der Waals surface area contributed by atoms with Gasteiger partial charge in [-0.25, -0.2) is 0 Å². The fraction of sp³-hybridized carbons (Fsp3) is 0.720. The first-order chi connectivity index (χ1) is 13.8. The van der Waals surface area contributed by atoms with Gasteiger partial charge in [-0.05, 0) is 0 Å². The SMILES string of the molecule is Cl/[PH](=C/c1ccccc1)[PH](C1CCCCC1)(C1CCCCC1)C1CCCCC1. The van der Waals surface area contributed by atoms with Gasteiger partial charge in [0.1, 0.15) is 0 Å². The first-order valence-corrected chi connectivity index (χ1v) is 18.1. The van der Waals surface area contributed by atoms with Crippen LogP contribution in [0.5, 0.6) is 0 Å². The second kappa shape index (κ2) is 10.5. The van der Waals surface area contributed by atoms with Crippen molar-refractivity contribution in [2.45, 2.75) is 113 Å². The molecule has 0 nitrogen and oxygen atoms in total. The number of hydrogen-bond acceptors (Lipinski definition) is 0. The van der Waals surface area contributed by atoms with Crippen molar-refractivity contribution in [1.82, 2.24) is 0 Å². The quantitative estimate of drug-likeness (QED) is 0.402. The van der Waals surface area contributed by atoms with E-state index in [1.807, 2.05) is 0 Å². The molecule has 0 bridgehead atoms. The van der Waals surface area contributed by atoms with E-state index in [2.05, 4.69) is 36.1 Å². The molecule has 0 amide bonds. The van der Waals surface area contributed by atoms with Crippen molar-refractivity contribution < 1.29 is 0 Å². The zero-order valence-electron chi connectivity index (χ0n) is 17.7.